The Kier molecular flexibility index (Phi) is 12.5. The van der Waals surface area contributed by atoms with Crippen LogP contribution in [0.25, 0.3) is 45.0 Å². The Morgan fingerprint density at radius 2 is 0.887 bits per heavy atom. The number of phenolic OH excluding ortho intramolecular Hbond substituents is 1. The maximum atomic E-state index is 9.30. The molecule has 6 nitrogen and oxygen atoms in total. The fraction of sp³-hybridized carbons (Fsp3) is 0.0435. The Morgan fingerprint density at radius 1 is 0.434 bits per heavy atom. The number of pyridine rings is 4. The molecule has 4 aromatic carbocycles. The summed E-state index contributed by atoms with van der Waals surface area (Å²) in [5, 5.41) is 9.30. The summed E-state index contributed by atoms with van der Waals surface area (Å²) in [4.78, 5) is 17.4. The number of aryl methyl sites for hydroxylation is 2. The van der Waals surface area contributed by atoms with Gasteiger partial charge in [0.1, 0.15) is 17.2 Å². The normalized spacial score (nSPS) is 10.2. The molecule has 0 aliphatic carbocycles. The number of nitrogens with zero attached hydrogens (tertiary/aromatic N) is 4. The molecule has 0 spiro atoms. The highest BCUT2D eigenvalue weighted by Gasteiger charge is 2.05. The molecule has 7 heteroatoms. The Bertz CT molecular complexity index is 2350. The molecular weight excluding hydrogens is 720 g/mol. The minimum Gasteiger partial charge on any atom is -0.508 e. The second-order valence-electron chi connectivity index (χ2n) is 12.1. The molecule has 4 aromatic heterocycles. The van der Waals surface area contributed by atoms with Crippen LogP contribution in [0, 0.1) is 13.8 Å². The minimum absolute atomic E-state index is 0.268. The molecular formula is C46H37BrN4O2. The molecule has 4 heterocycles. The average molecular weight is 758 g/mol. The second-order valence-corrected chi connectivity index (χ2v) is 13.0. The number of benzene rings is 4. The third kappa shape index (κ3) is 10.8. The van der Waals surface area contributed by atoms with Gasteiger partial charge in [0.2, 0.25) is 0 Å². The monoisotopic (exact) mass is 756 g/mol. The van der Waals surface area contributed by atoms with Crippen LogP contribution in [0.15, 0.2) is 187 Å². The van der Waals surface area contributed by atoms with Gasteiger partial charge in [-0.3, -0.25) is 19.9 Å². The predicted octanol–water partition coefficient (Wildman–Crippen LogP) is 12.2. The van der Waals surface area contributed by atoms with Crippen LogP contribution in [0.3, 0.4) is 0 Å². The quantitative estimate of drug-likeness (QED) is 0.182. The van der Waals surface area contributed by atoms with Gasteiger partial charge in [0.15, 0.2) is 0 Å². The average Bonchev–Trinajstić information content (AvgIpc) is 3.20. The van der Waals surface area contributed by atoms with Crippen molar-refractivity contribution in [1.29, 1.82) is 0 Å². The van der Waals surface area contributed by atoms with Crippen LogP contribution >= 0.6 is 15.9 Å². The van der Waals surface area contributed by atoms with Crippen LogP contribution in [0.4, 0.5) is 0 Å². The summed E-state index contributed by atoms with van der Waals surface area (Å²) in [5.74, 6) is 1.83. The van der Waals surface area contributed by atoms with E-state index in [0.29, 0.717) is 0 Å². The van der Waals surface area contributed by atoms with Crippen LogP contribution in [-0.4, -0.2) is 25.0 Å². The second kappa shape index (κ2) is 18.2. The van der Waals surface area contributed by atoms with E-state index in [1.165, 1.54) is 0 Å². The summed E-state index contributed by atoms with van der Waals surface area (Å²) in [6, 6.07) is 51.0. The summed E-state index contributed by atoms with van der Waals surface area (Å²) >= 11 is 3.43. The molecule has 0 fully saturated rings. The molecule has 0 unspecified atom stereocenters. The number of phenols is 1. The Morgan fingerprint density at radius 3 is 1.32 bits per heavy atom. The van der Waals surface area contributed by atoms with Crippen molar-refractivity contribution in [2.24, 2.45) is 0 Å². The third-order valence-corrected chi connectivity index (χ3v) is 8.40. The van der Waals surface area contributed by atoms with E-state index in [1.807, 2.05) is 160 Å². The lowest BCUT2D eigenvalue weighted by molar-refractivity contribution is 0.475. The summed E-state index contributed by atoms with van der Waals surface area (Å²) in [5.41, 5.74) is 10.2. The zero-order valence-electron chi connectivity index (χ0n) is 29.3. The highest BCUT2D eigenvalue weighted by molar-refractivity contribution is 9.10. The third-order valence-electron chi connectivity index (χ3n) is 7.91. The van der Waals surface area contributed by atoms with Gasteiger partial charge in [-0.25, -0.2) is 0 Å². The maximum Gasteiger partial charge on any atom is 0.128 e. The van der Waals surface area contributed by atoms with Crippen molar-refractivity contribution in [1.82, 2.24) is 19.9 Å². The van der Waals surface area contributed by atoms with E-state index in [-0.39, 0.29) is 5.75 Å². The van der Waals surface area contributed by atoms with Crippen LogP contribution in [0.5, 0.6) is 17.2 Å². The molecule has 0 saturated heterocycles. The van der Waals surface area contributed by atoms with Gasteiger partial charge in [-0.15, -0.1) is 0 Å². The van der Waals surface area contributed by atoms with Crippen LogP contribution in [0.2, 0.25) is 0 Å². The summed E-state index contributed by atoms with van der Waals surface area (Å²) < 4.78 is 7.15. The van der Waals surface area contributed by atoms with Crippen molar-refractivity contribution < 1.29 is 9.84 Å². The highest BCUT2D eigenvalue weighted by atomic mass is 79.9. The molecule has 0 radical (unpaired) electrons. The van der Waals surface area contributed by atoms with Gasteiger partial charge in [-0.2, -0.15) is 0 Å². The van der Waals surface area contributed by atoms with E-state index in [0.717, 1.165) is 72.1 Å². The van der Waals surface area contributed by atoms with Gasteiger partial charge in [-0.1, -0.05) is 88.7 Å². The van der Waals surface area contributed by atoms with Crippen LogP contribution in [-0.2, 0) is 0 Å². The minimum atomic E-state index is 0.268. The lowest BCUT2D eigenvalue weighted by Gasteiger charge is -2.09. The lowest BCUT2D eigenvalue weighted by Crippen LogP contribution is -1.88. The van der Waals surface area contributed by atoms with Crippen LogP contribution in [0.1, 0.15) is 11.1 Å². The van der Waals surface area contributed by atoms with Crippen molar-refractivity contribution in [3.63, 3.8) is 0 Å². The molecule has 260 valence electrons. The van der Waals surface area contributed by atoms with Gasteiger partial charge >= 0.3 is 0 Å². The summed E-state index contributed by atoms with van der Waals surface area (Å²) in [6.45, 7) is 4.03. The fourth-order valence-corrected chi connectivity index (χ4v) is 5.63. The van der Waals surface area contributed by atoms with E-state index in [2.05, 4.69) is 48.0 Å². The smallest absolute Gasteiger partial charge is 0.128 e. The van der Waals surface area contributed by atoms with Crippen molar-refractivity contribution >= 4 is 15.9 Å². The molecule has 8 rings (SSSR count). The Balaban J connectivity index is 0.000000150. The maximum absolute atomic E-state index is 9.30. The van der Waals surface area contributed by atoms with Gasteiger partial charge in [-0.05, 0) is 110 Å². The topological polar surface area (TPSA) is 81.0 Å². The molecule has 53 heavy (non-hydrogen) atoms. The summed E-state index contributed by atoms with van der Waals surface area (Å²) in [6.07, 6.45) is 7.29. The molecule has 0 atom stereocenters. The molecule has 8 aromatic rings. The number of aromatic nitrogens is 4. The van der Waals surface area contributed by atoms with E-state index >= 15 is 0 Å². The number of hydrogen-bond donors (Lipinski definition) is 1. The number of halogens is 1. The standard InChI is InChI=1S/C23H18N2O.C12H11NO.C11H8BrN/c1-17-11-12-23(25-16-17)19-7-5-9-21(15-19)26-20-8-4-6-18(14-20)22-10-2-3-13-24-22;1-9-5-6-12(13-8-9)10-3-2-4-11(14)7-10;12-10-5-3-4-9(8-10)11-6-1-2-7-13-11/h2-16H,1H3;2-8,14H,1H3;1-8H. The Hall–Kier alpha value is -6.44. The number of aromatic hydroxyl groups is 1. The largest absolute Gasteiger partial charge is 0.508 e. The SMILES string of the molecule is Brc1cccc(-c2ccccn2)c1.Cc1ccc(-c2cccc(O)c2)nc1.Cc1ccc(-c2cccc(Oc3cccc(-c4ccccn4)c3)c2)nc1. The first-order chi connectivity index (χ1) is 25.9. The summed E-state index contributed by atoms with van der Waals surface area (Å²) in [7, 11) is 0. The van der Waals surface area contributed by atoms with Crippen molar-refractivity contribution in [3.8, 4) is 62.3 Å². The first kappa shape index (κ1) is 36.4. The predicted molar refractivity (Wildman–Crippen MR) is 218 cm³/mol. The van der Waals surface area contributed by atoms with Gasteiger partial charge in [0.25, 0.3) is 0 Å². The van der Waals surface area contributed by atoms with Crippen molar-refractivity contribution in [3.05, 3.63) is 198 Å². The van der Waals surface area contributed by atoms with Gasteiger partial charge in [0, 0.05) is 51.5 Å². The Labute approximate surface area is 318 Å². The highest BCUT2D eigenvalue weighted by Crippen LogP contribution is 2.29. The molecule has 0 amide bonds. The number of rotatable bonds is 6. The molecule has 0 aliphatic rings. The zero-order valence-corrected chi connectivity index (χ0v) is 30.9. The van der Waals surface area contributed by atoms with Crippen molar-refractivity contribution in [2.45, 2.75) is 13.8 Å². The first-order valence-corrected chi connectivity index (χ1v) is 17.8. The van der Waals surface area contributed by atoms with E-state index in [4.69, 9.17) is 4.74 Å². The number of ether oxygens (including phenoxy) is 1. The zero-order chi connectivity index (χ0) is 36.8. The lowest BCUT2D eigenvalue weighted by atomic mass is 10.1. The molecule has 0 saturated carbocycles. The van der Waals surface area contributed by atoms with Gasteiger partial charge in [0.05, 0.1) is 22.8 Å². The van der Waals surface area contributed by atoms with Gasteiger partial charge < -0.3 is 9.84 Å². The van der Waals surface area contributed by atoms with E-state index in [1.54, 1.807) is 24.5 Å². The first-order valence-electron chi connectivity index (χ1n) is 17.0. The fourth-order valence-electron chi connectivity index (χ4n) is 5.23. The van der Waals surface area contributed by atoms with Crippen molar-refractivity contribution in [2.75, 3.05) is 0 Å². The molecule has 1 N–H and O–H groups in total. The van der Waals surface area contributed by atoms with E-state index in [9.17, 15) is 5.11 Å². The molecule has 0 aliphatic heterocycles. The van der Waals surface area contributed by atoms with E-state index < -0.39 is 0 Å². The van der Waals surface area contributed by atoms with Crippen LogP contribution < -0.4 is 4.74 Å². The molecule has 0 bridgehead atoms. The number of hydrogen-bond acceptors (Lipinski definition) is 6.